The zero-order valence-electron chi connectivity index (χ0n) is 9.04. The summed E-state index contributed by atoms with van der Waals surface area (Å²) in [4.78, 5) is 21.7. The molecule has 0 spiro atoms. The van der Waals surface area contributed by atoms with E-state index in [1.165, 1.54) is 6.92 Å². The molecule has 0 aliphatic carbocycles. The van der Waals surface area contributed by atoms with Gasteiger partial charge in [-0.1, -0.05) is 0 Å². The van der Waals surface area contributed by atoms with Crippen molar-refractivity contribution in [3.63, 3.8) is 0 Å². The first-order valence-electron chi connectivity index (χ1n) is 4.95. The number of nitrogens with one attached hydrogen (secondary N) is 2. The van der Waals surface area contributed by atoms with Crippen LogP contribution in [0.1, 0.15) is 13.3 Å². The highest BCUT2D eigenvalue weighted by atomic mass is 32.2. The standard InChI is InChI=1S/C9H19N3O2S/c1-8(13)11-4-5-12-9(14)7-15-6-2-3-10/h2-7,10H2,1H3,(H,11,13)(H,12,14). The van der Waals surface area contributed by atoms with Crippen molar-refractivity contribution in [3.05, 3.63) is 0 Å². The van der Waals surface area contributed by atoms with Crippen LogP contribution in [0.3, 0.4) is 0 Å². The summed E-state index contributed by atoms with van der Waals surface area (Å²) in [5.74, 6) is 1.29. The van der Waals surface area contributed by atoms with Crippen molar-refractivity contribution in [1.82, 2.24) is 10.6 Å². The van der Waals surface area contributed by atoms with E-state index in [4.69, 9.17) is 5.73 Å². The highest BCUT2D eigenvalue weighted by Crippen LogP contribution is 2.00. The molecule has 0 aromatic heterocycles. The van der Waals surface area contributed by atoms with Gasteiger partial charge >= 0.3 is 0 Å². The summed E-state index contributed by atoms with van der Waals surface area (Å²) in [5.41, 5.74) is 5.32. The summed E-state index contributed by atoms with van der Waals surface area (Å²) in [7, 11) is 0. The molecule has 0 aliphatic rings. The van der Waals surface area contributed by atoms with Crippen molar-refractivity contribution in [3.8, 4) is 0 Å². The first kappa shape index (κ1) is 14.2. The third kappa shape index (κ3) is 11.2. The highest BCUT2D eigenvalue weighted by Gasteiger charge is 2.00. The normalized spacial score (nSPS) is 9.73. The van der Waals surface area contributed by atoms with E-state index in [0.29, 0.717) is 25.4 Å². The molecule has 0 heterocycles. The van der Waals surface area contributed by atoms with Crippen LogP contribution in [-0.2, 0) is 9.59 Å². The van der Waals surface area contributed by atoms with Gasteiger partial charge in [0.05, 0.1) is 5.75 Å². The molecule has 0 radical (unpaired) electrons. The molecule has 0 rings (SSSR count). The molecule has 0 aliphatic heterocycles. The molecule has 0 unspecified atom stereocenters. The predicted octanol–water partition coefficient (Wildman–Crippen LogP) is -0.679. The lowest BCUT2D eigenvalue weighted by Gasteiger charge is -2.05. The Morgan fingerprint density at radius 2 is 1.93 bits per heavy atom. The number of carbonyl (C=O) groups is 2. The molecule has 88 valence electrons. The van der Waals surface area contributed by atoms with Gasteiger partial charge in [-0.2, -0.15) is 11.8 Å². The second-order valence-electron chi connectivity index (χ2n) is 3.03. The van der Waals surface area contributed by atoms with Crippen LogP contribution in [0.5, 0.6) is 0 Å². The minimum absolute atomic E-state index is 0.00220. The van der Waals surface area contributed by atoms with Gasteiger partial charge in [0, 0.05) is 20.0 Å². The molecule has 4 N–H and O–H groups in total. The van der Waals surface area contributed by atoms with Crippen LogP contribution >= 0.6 is 11.8 Å². The van der Waals surface area contributed by atoms with Crippen LogP contribution in [-0.4, -0.2) is 43.0 Å². The van der Waals surface area contributed by atoms with E-state index in [0.717, 1.165) is 12.2 Å². The summed E-state index contributed by atoms with van der Waals surface area (Å²) < 4.78 is 0. The fourth-order valence-corrected chi connectivity index (χ4v) is 1.64. The number of hydrogen-bond acceptors (Lipinski definition) is 4. The minimum atomic E-state index is -0.0819. The van der Waals surface area contributed by atoms with Gasteiger partial charge in [0.2, 0.25) is 11.8 Å². The van der Waals surface area contributed by atoms with Crippen molar-refractivity contribution in [1.29, 1.82) is 0 Å². The van der Waals surface area contributed by atoms with Crippen LogP contribution in [0.4, 0.5) is 0 Å². The van der Waals surface area contributed by atoms with Crippen LogP contribution in [0.25, 0.3) is 0 Å². The second-order valence-corrected chi connectivity index (χ2v) is 4.13. The maximum atomic E-state index is 11.2. The zero-order valence-corrected chi connectivity index (χ0v) is 9.86. The summed E-state index contributed by atoms with van der Waals surface area (Å²) in [6, 6.07) is 0. The Kier molecular flexibility index (Phi) is 9.30. The van der Waals surface area contributed by atoms with Crippen molar-refractivity contribution in [2.45, 2.75) is 13.3 Å². The van der Waals surface area contributed by atoms with E-state index >= 15 is 0 Å². The Morgan fingerprint density at radius 1 is 1.27 bits per heavy atom. The molecule has 0 bridgehead atoms. The van der Waals surface area contributed by atoms with Crippen molar-refractivity contribution >= 4 is 23.6 Å². The Balaban J connectivity index is 3.22. The summed E-state index contributed by atoms with van der Waals surface area (Å²) >= 11 is 1.57. The lowest BCUT2D eigenvalue weighted by molar-refractivity contribution is -0.120. The van der Waals surface area contributed by atoms with E-state index < -0.39 is 0 Å². The fourth-order valence-electron chi connectivity index (χ4n) is 0.842. The smallest absolute Gasteiger partial charge is 0.230 e. The molecule has 0 saturated carbocycles. The van der Waals surface area contributed by atoms with Crippen molar-refractivity contribution in [2.24, 2.45) is 5.73 Å². The lowest BCUT2D eigenvalue weighted by atomic mass is 10.5. The molecular formula is C9H19N3O2S. The first-order valence-corrected chi connectivity index (χ1v) is 6.11. The molecule has 15 heavy (non-hydrogen) atoms. The van der Waals surface area contributed by atoms with Crippen molar-refractivity contribution < 1.29 is 9.59 Å². The number of thioether (sulfide) groups is 1. The Bertz CT molecular complexity index is 200. The molecule has 2 amide bonds. The van der Waals surface area contributed by atoms with Gasteiger partial charge < -0.3 is 16.4 Å². The maximum Gasteiger partial charge on any atom is 0.230 e. The molecular weight excluding hydrogens is 214 g/mol. The van der Waals surface area contributed by atoms with E-state index in [1.807, 2.05) is 0 Å². The number of carbonyl (C=O) groups excluding carboxylic acids is 2. The molecule has 0 aromatic rings. The quantitative estimate of drug-likeness (QED) is 0.485. The van der Waals surface area contributed by atoms with Gasteiger partial charge in [-0.15, -0.1) is 0 Å². The third-order valence-corrected chi connectivity index (χ3v) is 2.59. The Morgan fingerprint density at radius 3 is 2.53 bits per heavy atom. The van der Waals surface area contributed by atoms with Crippen molar-refractivity contribution in [2.75, 3.05) is 31.1 Å². The first-order chi connectivity index (χ1) is 7.16. The van der Waals surface area contributed by atoms with Gasteiger partial charge in [0.1, 0.15) is 0 Å². The Labute approximate surface area is 94.5 Å². The average molecular weight is 233 g/mol. The van der Waals surface area contributed by atoms with E-state index in [2.05, 4.69) is 10.6 Å². The highest BCUT2D eigenvalue weighted by molar-refractivity contribution is 7.99. The van der Waals surface area contributed by atoms with E-state index in [-0.39, 0.29) is 11.8 Å². The second kappa shape index (κ2) is 9.79. The molecule has 0 atom stereocenters. The van der Waals surface area contributed by atoms with Gasteiger partial charge in [0.25, 0.3) is 0 Å². The van der Waals surface area contributed by atoms with E-state index in [1.54, 1.807) is 11.8 Å². The van der Waals surface area contributed by atoms with E-state index in [9.17, 15) is 9.59 Å². The third-order valence-electron chi connectivity index (χ3n) is 1.55. The molecule has 0 fully saturated rings. The number of nitrogens with two attached hydrogens (primary N) is 1. The molecule has 6 heteroatoms. The monoisotopic (exact) mass is 233 g/mol. The summed E-state index contributed by atoms with van der Waals surface area (Å²) in [6.45, 7) is 3.08. The number of amides is 2. The number of hydrogen-bond donors (Lipinski definition) is 3. The SMILES string of the molecule is CC(=O)NCCNC(=O)CSCCCN. The van der Waals surface area contributed by atoms with Gasteiger partial charge in [0.15, 0.2) is 0 Å². The largest absolute Gasteiger partial charge is 0.355 e. The van der Waals surface area contributed by atoms with Crippen LogP contribution < -0.4 is 16.4 Å². The predicted molar refractivity (Wildman–Crippen MR) is 62.7 cm³/mol. The van der Waals surface area contributed by atoms with Gasteiger partial charge in [-0.25, -0.2) is 0 Å². The molecule has 0 saturated heterocycles. The van der Waals surface area contributed by atoms with Crippen LogP contribution in [0.15, 0.2) is 0 Å². The van der Waals surface area contributed by atoms with Crippen LogP contribution in [0.2, 0.25) is 0 Å². The van der Waals surface area contributed by atoms with Gasteiger partial charge in [-0.05, 0) is 18.7 Å². The lowest BCUT2D eigenvalue weighted by Crippen LogP contribution is -2.34. The molecule has 0 aromatic carbocycles. The minimum Gasteiger partial charge on any atom is -0.355 e. The number of rotatable bonds is 8. The fraction of sp³-hybridized carbons (Fsp3) is 0.778. The molecule has 5 nitrogen and oxygen atoms in total. The summed E-state index contributed by atoms with van der Waals surface area (Å²) in [5, 5.41) is 5.31. The van der Waals surface area contributed by atoms with Gasteiger partial charge in [-0.3, -0.25) is 9.59 Å². The topological polar surface area (TPSA) is 84.2 Å². The maximum absolute atomic E-state index is 11.2. The average Bonchev–Trinajstić information content (AvgIpc) is 2.19. The van der Waals surface area contributed by atoms with Crippen LogP contribution in [0, 0.1) is 0 Å². The zero-order chi connectivity index (χ0) is 11.5. The Hall–Kier alpha value is -0.750. The summed E-state index contributed by atoms with van der Waals surface area (Å²) in [6.07, 6.45) is 0.934.